The topological polar surface area (TPSA) is 76.2 Å². The van der Waals surface area contributed by atoms with Gasteiger partial charge >= 0.3 is 0 Å². The Labute approximate surface area is 137 Å². The van der Waals surface area contributed by atoms with Gasteiger partial charge in [0.25, 0.3) is 0 Å². The van der Waals surface area contributed by atoms with Crippen LogP contribution in [0.2, 0.25) is 0 Å². The lowest BCUT2D eigenvalue weighted by atomic mass is 10.2. The second kappa shape index (κ2) is 8.05. The quantitative estimate of drug-likeness (QED) is 0.711. The van der Waals surface area contributed by atoms with Crippen LogP contribution >= 0.6 is 0 Å². The summed E-state index contributed by atoms with van der Waals surface area (Å²) in [4.78, 5) is 13.9. The van der Waals surface area contributed by atoms with Gasteiger partial charge in [0.1, 0.15) is 18.0 Å². The monoisotopic (exact) mass is 344 g/mol. The summed E-state index contributed by atoms with van der Waals surface area (Å²) < 4.78 is 35.8. The highest BCUT2D eigenvalue weighted by Crippen LogP contribution is 2.33. The molecule has 8 heteroatoms. The van der Waals surface area contributed by atoms with Crippen LogP contribution in [-0.4, -0.2) is 59.3 Å². The number of sulfonamides is 1. The molecule has 0 N–H and O–H groups in total. The molecule has 0 saturated heterocycles. The molecule has 1 aromatic carbocycles. The Kier molecular flexibility index (Phi) is 6.68. The average Bonchev–Trinajstić information content (AvgIpc) is 2.52. The van der Waals surface area contributed by atoms with Crippen molar-refractivity contribution >= 4 is 21.6 Å². The van der Waals surface area contributed by atoms with Crippen molar-refractivity contribution in [2.24, 2.45) is 0 Å². The fourth-order valence-electron chi connectivity index (χ4n) is 2.17. The van der Waals surface area contributed by atoms with Crippen LogP contribution in [0.3, 0.4) is 0 Å². The van der Waals surface area contributed by atoms with E-state index in [1.165, 1.54) is 20.3 Å². The molecule has 1 rings (SSSR count). The summed E-state index contributed by atoms with van der Waals surface area (Å²) in [6.45, 7) is 4.44. The van der Waals surface area contributed by atoms with E-state index in [9.17, 15) is 13.2 Å². The number of amides is 1. The first-order valence-electron chi connectivity index (χ1n) is 7.25. The van der Waals surface area contributed by atoms with Crippen LogP contribution < -0.4 is 13.8 Å². The lowest BCUT2D eigenvalue weighted by Gasteiger charge is -2.27. The first kappa shape index (κ1) is 19.1. The summed E-state index contributed by atoms with van der Waals surface area (Å²) in [6.07, 6.45) is 1.06. The molecular weight excluding hydrogens is 320 g/mol. The first-order chi connectivity index (χ1) is 10.8. The minimum atomic E-state index is -3.67. The summed E-state index contributed by atoms with van der Waals surface area (Å²) in [6, 6.07) is 4.80. The number of rotatable bonds is 8. The van der Waals surface area contributed by atoms with E-state index in [4.69, 9.17) is 9.47 Å². The van der Waals surface area contributed by atoms with Crippen molar-refractivity contribution in [3.05, 3.63) is 18.2 Å². The summed E-state index contributed by atoms with van der Waals surface area (Å²) in [5.74, 6) is 0.554. The molecule has 0 heterocycles. The molecule has 1 amide bonds. The Morgan fingerprint density at radius 1 is 1.13 bits per heavy atom. The molecule has 7 nitrogen and oxygen atoms in total. The molecule has 23 heavy (non-hydrogen) atoms. The Hall–Kier alpha value is -1.96. The normalized spacial score (nSPS) is 11.0. The van der Waals surface area contributed by atoms with E-state index in [2.05, 4.69) is 0 Å². The molecule has 0 bridgehead atoms. The van der Waals surface area contributed by atoms with E-state index >= 15 is 0 Å². The van der Waals surface area contributed by atoms with Gasteiger partial charge in [0.2, 0.25) is 15.9 Å². The number of carbonyl (C=O) groups excluding carboxylic acids is 1. The molecular formula is C15H24N2O5S. The maximum Gasteiger partial charge on any atom is 0.243 e. The van der Waals surface area contributed by atoms with Crippen LogP contribution in [0, 0.1) is 0 Å². The largest absolute Gasteiger partial charge is 0.497 e. The Morgan fingerprint density at radius 2 is 1.74 bits per heavy atom. The minimum Gasteiger partial charge on any atom is -0.497 e. The zero-order valence-corrected chi connectivity index (χ0v) is 15.0. The van der Waals surface area contributed by atoms with Gasteiger partial charge in [-0.1, -0.05) is 0 Å². The molecule has 0 radical (unpaired) electrons. The van der Waals surface area contributed by atoms with E-state index in [0.717, 1.165) is 10.6 Å². The lowest BCUT2D eigenvalue weighted by molar-refractivity contribution is -0.129. The Bertz CT molecular complexity index is 641. The number of anilines is 1. The lowest BCUT2D eigenvalue weighted by Crippen LogP contribution is -2.42. The predicted molar refractivity (Wildman–Crippen MR) is 89.7 cm³/mol. The molecule has 0 saturated carbocycles. The van der Waals surface area contributed by atoms with Crippen LogP contribution in [0.5, 0.6) is 11.5 Å². The molecule has 0 fully saturated rings. The summed E-state index contributed by atoms with van der Waals surface area (Å²) in [5.41, 5.74) is 0.273. The van der Waals surface area contributed by atoms with E-state index < -0.39 is 10.0 Å². The third-order valence-electron chi connectivity index (χ3n) is 3.45. The van der Waals surface area contributed by atoms with Gasteiger partial charge in [0, 0.05) is 19.2 Å². The van der Waals surface area contributed by atoms with Crippen molar-refractivity contribution in [3.8, 4) is 11.5 Å². The Morgan fingerprint density at radius 3 is 2.17 bits per heavy atom. The van der Waals surface area contributed by atoms with Crippen LogP contribution in [0.1, 0.15) is 13.8 Å². The number of ether oxygens (including phenoxy) is 2. The molecule has 0 aliphatic heterocycles. The molecule has 0 aliphatic carbocycles. The minimum absolute atomic E-state index is 0.273. The van der Waals surface area contributed by atoms with Crippen molar-refractivity contribution in [3.63, 3.8) is 0 Å². The number of hydrogen-bond donors (Lipinski definition) is 0. The molecule has 1 aromatic rings. The van der Waals surface area contributed by atoms with Gasteiger partial charge in [-0.25, -0.2) is 8.42 Å². The average molecular weight is 344 g/mol. The van der Waals surface area contributed by atoms with Crippen molar-refractivity contribution in [1.29, 1.82) is 0 Å². The molecule has 0 unspecified atom stereocenters. The third-order valence-corrected chi connectivity index (χ3v) is 4.58. The van der Waals surface area contributed by atoms with Gasteiger partial charge in [-0.15, -0.1) is 0 Å². The highest BCUT2D eigenvalue weighted by Gasteiger charge is 2.26. The molecule has 0 aromatic heterocycles. The van der Waals surface area contributed by atoms with Gasteiger partial charge in [-0.3, -0.25) is 9.10 Å². The number of hydrogen-bond acceptors (Lipinski definition) is 5. The number of benzene rings is 1. The molecule has 0 atom stereocenters. The third kappa shape index (κ3) is 4.75. The van der Waals surface area contributed by atoms with Crippen molar-refractivity contribution < 1.29 is 22.7 Å². The van der Waals surface area contributed by atoms with Crippen LogP contribution in [0.15, 0.2) is 18.2 Å². The van der Waals surface area contributed by atoms with Crippen molar-refractivity contribution in [1.82, 2.24) is 4.90 Å². The second-order valence-corrected chi connectivity index (χ2v) is 6.78. The maximum absolute atomic E-state index is 12.3. The summed E-state index contributed by atoms with van der Waals surface area (Å²) >= 11 is 0. The summed E-state index contributed by atoms with van der Waals surface area (Å²) in [5, 5.41) is 0. The van der Waals surface area contributed by atoms with Crippen LogP contribution in [0.25, 0.3) is 0 Å². The maximum atomic E-state index is 12.3. The SMILES string of the molecule is CCN(CC)C(=O)CN(c1cc(OC)ccc1OC)S(C)(=O)=O. The highest BCUT2D eigenvalue weighted by molar-refractivity contribution is 7.92. The number of methoxy groups -OCH3 is 2. The van der Waals surface area contributed by atoms with E-state index in [0.29, 0.717) is 24.6 Å². The fraction of sp³-hybridized carbons (Fsp3) is 0.533. The highest BCUT2D eigenvalue weighted by atomic mass is 32.2. The molecule has 0 spiro atoms. The van der Waals surface area contributed by atoms with E-state index in [-0.39, 0.29) is 18.1 Å². The molecule has 0 aliphatic rings. The van der Waals surface area contributed by atoms with Gasteiger partial charge < -0.3 is 14.4 Å². The van der Waals surface area contributed by atoms with Crippen LogP contribution in [-0.2, 0) is 14.8 Å². The van der Waals surface area contributed by atoms with Gasteiger partial charge in [-0.05, 0) is 26.0 Å². The predicted octanol–water partition coefficient (Wildman–Crippen LogP) is 1.34. The zero-order chi connectivity index (χ0) is 17.6. The number of nitrogens with zero attached hydrogens (tertiary/aromatic N) is 2. The standard InChI is InChI=1S/C15H24N2O5S/c1-6-16(7-2)15(18)11-17(23(5,19)20)13-10-12(21-3)8-9-14(13)22-4/h8-10H,6-7,11H2,1-5H3. The summed E-state index contributed by atoms with van der Waals surface area (Å²) in [7, 11) is -0.744. The van der Waals surface area contributed by atoms with Gasteiger partial charge in [-0.2, -0.15) is 0 Å². The smallest absolute Gasteiger partial charge is 0.243 e. The van der Waals surface area contributed by atoms with Gasteiger partial charge in [0.05, 0.1) is 26.2 Å². The zero-order valence-electron chi connectivity index (χ0n) is 14.2. The fourth-order valence-corrected chi connectivity index (χ4v) is 3.02. The Balaban J connectivity index is 3.31. The first-order valence-corrected chi connectivity index (χ1v) is 9.10. The van der Waals surface area contributed by atoms with Gasteiger partial charge in [0.15, 0.2) is 0 Å². The number of carbonyl (C=O) groups is 1. The van der Waals surface area contributed by atoms with Crippen LogP contribution in [0.4, 0.5) is 5.69 Å². The van der Waals surface area contributed by atoms with Crippen molar-refractivity contribution in [2.75, 3.05) is 44.4 Å². The number of likely N-dealkylation sites (N-methyl/N-ethyl adjacent to an activating group) is 1. The second-order valence-electron chi connectivity index (χ2n) is 4.87. The van der Waals surface area contributed by atoms with E-state index in [1.807, 2.05) is 13.8 Å². The molecule has 130 valence electrons. The van der Waals surface area contributed by atoms with E-state index in [1.54, 1.807) is 17.0 Å². The van der Waals surface area contributed by atoms with Crippen molar-refractivity contribution in [2.45, 2.75) is 13.8 Å².